The molecule has 0 spiro atoms. The second kappa shape index (κ2) is 8.77. The topological polar surface area (TPSA) is 75.6 Å². The van der Waals surface area contributed by atoms with Gasteiger partial charge >= 0.3 is 5.97 Å². The molecule has 1 amide bonds. The van der Waals surface area contributed by atoms with Crippen LogP contribution in [-0.2, 0) is 11.2 Å². The van der Waals surface area contributed by atoms with Crippen LogP contribution >= 0.6 is 23.2 Å². The van der Waals surface area contributed by atoms with Gasteiger partial charge in [-0.3, -0.25) is 4.79 Å². The zero-order chi connectivity index (χ0) is 22.0. The average molecular weight is 458 g/mol. The Bertz CT molecular complexity index is 1140. The Morgan fingerprint density at radius 3 is 2.32 bits per heavy atom. The Balaban J connectivity index is 1.64. The Hall–Kier alpha value is -2.76. The number of nitrogens with one attached hydrogen (secondary N) is 1. The van der Waals surface area contributed by atoms with Crippen molar-refractivity contribution in [2.45, 2.75) is 31.2 Å². The van der Waals surface area contributed by atoms with Gasteiger partial charge in [0.05, 0.1) is 12.2 Å². The maximum atomic E-state index is 13.1. The molecule has 0 aliphatic heterocycles. The number of aliphatic carboxylic acids is 1. The molecular formula is C24H21Cl2NO4. The average Bonchev–Trinajstić information content (AvgIpc) is 2.73. The number of fused-ring (bicyclic) bond motifs is 1. The van der Waals surface area contributed by atoms with E-state index in [4.69, 9.17) is 27.9 Å². The zero-order valence-electron chi connectivity index (χ0n) is 16.7. The van der Waals surface area contributed by atoms with Crippen LogP contribution in [0, 0.1) is 0 Å². The Labute approximate surface area is 189 Å². The van der Waals surface area contributed by atoms with Crippen molar-refractivity contribution in [3.05, 3.63) is 75.8 Å². The number of hydrogen-bond donors (Lipinski definition) is 2. The van der Waals surface area contributed by atoms with Gasteiger partial charge in [-0.1, -0.05) is 59.6 Å². The lowest BCUT2D eigenvalue weighted by molar-refractivity contribution is -0.148. The maximum absolute atomic E-state index is 13.1. The third-order valence-electron chi connectivity index (χ3n) is 5.71. The minimum Gasteiger partial charge on any atom is -0.492 e. The van der Waals surface area contributed by atoms with Crippen LogP contribution in [0.15, 0.2) is 54.6 Å². The van der Waals surface area contributed by atoms with Gasteiger partial charge in [0.25, 0.3) is 5.91 Å². The van der Waals surface area contributed by atoms with Gasteiger partial charge < -0.3 is 15.2 Å². The first-order valence-corrected chi connectivity index (χ1v) is 10.8. The fourth-order valence-electron chi connectivity index (χ4n) is 3.76. The minimum absolute atomic E-state index is 0.229. The molecule has 1 aliphatic carbocycles. The maximum Gasteiger partial charge on any atom is 0.329 e. The number of rotatable bonds is 7. The molecule has 2 N–H and O–H groups in total. The number of hydrogen-bond acceptors (Lipinski definition) is 3. The molecule has 160 valence electrons. The van der Waals surface area contributed by atoms with E-state index in [-0.39, 0.29) is 5.56 Å². The predicted molar refractivity (Wildman–Crippen MR) is 121 cm³/mol. The highest BCUT2D eigenvalue weighted by atomic mass is 35.5. The number of carbonyl (C=O) groups is 2. The summed E-state index contributed by atoms with van der Waals surface area (Å²) in [6.45, 7) is 0.331. The molecular weight excluding hydrogens is 437 g/mol. The number of benzene rings is 3. The van der Waals surface area contributed by atoms with Crippen molar-refractivity contribution in [1.29, 1.82) is 0 Å². The Morgan fingerprint density at radius 2 is 1.71 bits per heavy atom. The highest BCUT2D eigenvalue weighted by Gasteiger charge is 2.46. The van der Waals surface area contributed by atoms with Crippen LogP contribution in [-0.4, -0.2) is 29.1 Å². The molecule has 1 saturated carbocycles. The fourth-order valence-corrected chi connectivity index (χ4v) is 4.16. The summed E-state index contributed by atoms with van der Waals surface area (Å²) in [7, 11) is 0. The lowest BCUT2D eigenvalue weighted by Gasteiger charge is -2.38. The highest BCUT2D eigenvalue weighted by Crippen LogP contribution is 2.37. The minimum atomic E-state index is -1.23. The molecule has 0 radical (unpaired) electrons. The van der Waals surface area contributed by atoms with Crippen molar-refractivity contribution < 1.29 is 19.4 Å². The van der Waals surface area contributed by atoms with E-state index in [0.717, 1.165) is 17.4 Å². The molecule has 1 fully saturated rings. The number of amides is 1. The van der Waals surface area contributed by atoms with Crippen LogP contribution < -0.4 is 10.1 Å². The van der Waals surface area contributed by atoms with Crippen LogP contribution in [0.5, 0.6) is 5.75 Å². The van der Waals surface area contributed by atoms with E-state index in [1.54, 1.807) is 6.07 Å². The largest absolute Gasteiger partial charge is 0.492 e. The van der Waals surface area contributed by atoms with Crippen molar-refractivity contribution in [3.8, 4) is 5.75 Å². The number of carboxylic acid groups (broad SMARTS) is 1. The summed E-state index contributed by atoms with van der Waals surface area (Å²) >= 11 is 12.4. The van der Waals surface area contributed by atoms with Crippen LogP contribution in [0.1, 0.15) is 35.2 Å². The van der Waals surface area contributed by atoms with E-state index in [1.807, 2.05) is 48.5 Å². The van der Waals surface area contributed by atoms with E-state index in [2.05, 4.69) is 5.32 Å². The zero-order valence-corrected chi connectivity index (χ0v) is 18.2. The van der Waals surface area contributed by atoms with Gasteiger partial charge in [0.15, 0.2) is 0 Å². The summed E-state index contributed by atoms with van der Waals surface area (Å²) < 4.78 is 6.09. The van der Waals surface area contributed by atoms with E-state index in [9.17, 15) is 14.7 Å². The van der Waals surface area contributed by atoms with E-state index in [1.165, 1.54) is 0 Å². The van der Waals surface area contributed by atoms with Crippen molar-refractivity contribution in [2.24, 2.45) is 0 Å². The summed E-state index contributed by atoms with van der Waals surface area (Å²) in [5.74, 6) is -1.13. The van der Waals surface area contributed by atoms with Gasteiger partial charge in [-0.25, -0.2) is 4.79 Å². The van der Waals surface area contributed by atoms with Crippen LogP contribution in [0.3, 0.4) is 0 Å². The third-order valence-corrected chi connectivity index (χ3v) is 6.27. The van der Waals surface area contributed by atoms with E-state index < -0.39 is 17.4 Å². The first-order chi connectivity index (χ1) is 14.9. The molecule has 3 aromatic rings. The summed E-state index contributed by atoms with van der Waals surface area (Å²) in [4.78, 5) is 24.8. The lowest BCUT2D eigenvalue weighted by Crippen LogP contribution is -2.59. The monoisotopic (exact) mass is 457 g/mol. The van der Waals surface area contributed by atoms with Gasteiger partial charge in [-0.05, 0) is 43.0 Å². The molecule has 0 unspecified atom stereocenters. The quantitative estimate of drug-likeness (QED) is 0.490. The smallest absolute Gasteiger partial charge is 0.329 e. The molecule has 7 heteroatoms. The van der Waals surface area contributed by atoms with Crippen molar-refractivity contribution in [1.82, 2.24) is 5.32 Å². The summed E-state index contributed by atoms with van der Waals surface area (Å²) in [5, 5.41) is 14.8. The number of ether oxygens (including phenoxy) is 1. The summed E-state index contributed by atoms with van der Waals surface area (Å²) in [6.07, 6.45) is 2.19. The molecule has 0 heterocycles. The van der Waals surface area contributed by atoms with Gasteiger partial charge in [0.1, 0.15) is 11.3 Å². The van der Waals surface area contributed by atoms with Crippen molar-refractivity contribution in [3.63, 3.8) is 0 Å². The van der Waals surface area contributed by atoms with Gasteiger partial charge in [-0.15, -0.1) is 0 Å². The Kier molecular flexibility index (Phi) is 6.08. The SMILES string of the molecule is O=C(NC1(C(=O)O)CCC1)c1cc(Cl)c2ccccc2c1OCCc1ccc(Cl)cc1. The molecule has 0 bridgehead atoms. The Morgan fingerprint density at radius 1 is 1.03 bits per heavy atom. The fraction of sp³-hybridized carbons (Fsp3) is 0.250. The first kappa shape index (κ1) is 21.5. The third kappa shape index (κ3) is 4.34. The molecule has 0 aromatic heterocycles. The molecule has 31 heavy (non-hydrogen) atoms. The van der Waals surface area contributed by atoms with Gasteiger partial charge in [0.2, 0.25) is 0 Å². The first-order valence-electron chi connectivity index (χ1n) is 10.0. The van der Waals surface area contributed by atoms with E-state index in [0.29, 0.717) is 47.1 Å². The molecule has 0 saturated heterocycles. The van der Waals surface area contributed by atoms with Gasteiger partial charge in [0, 0.05) is 27.2 Å². The molecule has 5 nitrogen and oxygen atoms in total. The number of carboxylic acids is 1. The molecule has 4 rings (SSSR count). The van der Waals surface area contributed by atoms with Crippen LogP contribution in [0.4, 0.5) is 0 Å². The van der Waals surface area contributed by atoms with Gasteiger partial charge in [-0.2, -0.15) is 0 Å². The van der Waals surface area contributed by atoms with Crippen LogP contribution in [0.25, 0.3) is 10.8 Å². The highest BCUT2D eigenvalue weighted by molar-refractivity contribution is 6.36. The number of halogens is 2. The van der Waals surface area contributed by atoms with E-state index >= 15 is 0 Å². The predicted octanol–water partition coefficient (Wildman–Crippen LogP) is 5.51. The summed E-state index contributed by atoms with van der Waals surface area (Å²) in [6, 6.07) is 16.4. The van der Waals surface area contributed by atoms with Crippen molar-refractivity contribution in [2.75, 3.05) is 6.61 Å². The molecule has 3 aromatic carbocycles. The summed E-state index contributed by atoms with van der Waals surface area (Å²) in [5.41, 5.74) is 0.0516. The molecule has 0 atom stereocenters. The van der Waals surface area contributed by atoms with Crippen molar-refractivity contribution >= 4 is 45.9 Å². The van der Waals surface area contributed by atoms with Crippen LogP contribution in [0.2, 0.25) is 10.0 Å². The lowest BCUT2D eigenvalue weighted by atomic mass is 9.76. The normalized spacial score (nSPS) is 14.6. The second-order valence-electron chi connectivity index (χ2n) is 7.70. The number of carbonyl (C=O) groups excluding carboxylic acids is 1. The second-order valence-corrected chi connectivity index (χ2v) is 8.54. The standard InChI is InChI=1S/C24H21Cl2NO4/c25-16-8-6-15(7-9-16)10-13-31-21-18-5-2-1-4-17(18)20(26)14-19(21)22(28)27-24(23(29)30)11-3-12-24/h1-2,4-9,14H,3,10-13H2,(H,27,28)(H,29,30). The molecule has 1 aliphatic rings.